The molecular weight excluding hydrogens is 306 g/mol. The summed E-state index contributed by atoms with van der Waals surface area (Å²) < 4.78 is 11.7. The SMILES string of the molecule is CC(C)(C)[C@H]1C=C(C(=O)N2CCCCC2)O[C@@H](OCCCCO)C1. The van der Waals surface area contributed by atoms with E-state index in [0.717, 1.165) is 45.2 Å². The van der Waals surface area contributed by atoms with Gasteiger partial charge in [-0.1, -0.05) is 20.8 Å². The van der Waals surface area contributed by atoms with Crippen LogP contribution in [0.1, 0.15) is 59.3 Å². The van der Waals surface area contributed by atoms with Crippen LogP contribution in [-0.4, -0.2) is 48.5 Å². The summed E-state index contributed by atoms with van der Waals surface area (Å²) in [5.41, 5.74) is 0.0594. The van der Waals surface area contributed by atoms with E-state index in [2.05, 4.69) is 20.8 Å². The smallest absolute Gasteiger partial charge is 0.288 e. The number of hydrogen-bond donors (Lipinski definition) is 1. The van der Waals surface area contributed by atoms with E-state index in [0.29, 0.717) is 12.4 Å². The van der Waals surface area contributed by atoms with Gasteiger partial charge in [0.15, 0.2) is 5.76 Å². The van der Waals surface area contributed by atoms with Crippen molar-refractivity contribution >= 4 is 5.91 Å². The first kappa shape index (κ1) is 19.3. The van der Waals surface area contributed by atoms with Gasteiger partial charge in [-0.3, -0.25) is 4.79 Å². The number of amides is 1. The zero-order valence-corrected chi connectivity index (χ0v) is 15.4. The Bertz CT molecular complexity index is 435. The zero-order chi connectivity index (χ0) is 17.6. The molecule has 2 aliphatic heterocycles. The number of carbonyl (C=O) groups is 1. The van der Waals surface area contributed by atoms with Gasteiger partial charge in [0, 0.05) is 26.1 Å². The number of carbonyl (C=O) groups excluding carboxylic acids is 1. The molecule has 2 rings (SSSR count). The van der Waals surface area contributed by atoms with E-state index in [-0.39, 0.29) is 30.1 Å². The molecule has 0 saturated carbocycles. The number of allylic oxidation sites excluding steroid dienone is 1. The standard InChI is InChI=1S/C19H33NO4/c1-19(2,3)15-13-16(18(22)20-9-5-4-6-10-20)24-17(14-15)23-12-8-7-11-21/h13,15,17,21H,4-12,14H2,1-3H3/t15-,17+/m0/s1. The number of unbranched alkanes of at least 4 members (excludes halogenated alkanes) is 1. The molecule has 1 saturated heterocycles. The molecule has 0 spiro atoms. The van der Waals surface area contributed by atoms with Crippen LogP contribution in [0.25, 0.3) is 0 Å². The van der Waals surface area contributed by atoms with Crippen LogP contribution in [0.15, 0.2) is 11.8 Å². The molecule has 0 bridgehead atoms. The molecular formula is C19H33NO4. The first-order valence-corrected chi connectivity index (χ1v) is 9.32. The fraction of sp³-hybridized carbons (Fsp3) is 0.842. The molecule has 1 N–H and O–H groups in total. The highest BCUT2D eigenvalue weighted by Crippen LogP contribution is 2.37. The van der Waals surface area contributed by atoms with E-state index in [4.69, 9.17) is 14.6 Å². The van der Waals surface area contributed by atoms with Crippen molar-refractivity contribution in [3.8, 4) is 0 Å². The molecule has 2 heterocycles. The van der Waals surface area contributed by atoms with Crippen molar-refractivity contribution in [2.24, 2.45) is 11.3 Å². The number of aliphatic hydroxyl groups is 1. The first-order chi connectivity index (χ1) is 11.4. The minimum Gasteiger partial charge on any atom is -0.459 e. The molecule has 138 valence electrons. The predicted octanol–water partition coefficient (Wildman–Crippen LogP) is 3.08. The minimum atomic E-state index is -0.373. The van der Waals surface area contributed by atoms with Crippen molar-refractivity contribution in [2.45, 2.75) is 65.6 Å². The number of likely N-dealkylation sites (tertiary alicyclic amines) is 1. The third-order valence-electron chi connectivity index (χ3n) is 4.88. The van der Waals surface area contributed by atoms with Crippen LogP contribution in [0.3, 0.4) is 0 Å². The maximum Gasteiger partial charge on any atom is 0.288 e. The lowest BCUT2D eigenvalue weighted by molar-refractivity contribution is -0.158. The van der Waals surface area contributed by atoms with Gasteiger partial charge in [0.05, 0.1) is 6.61 Å². The average molecular weight is 339 g/mol. The van der Waals surface area contributed by atoms with Crippen molar-refractivity contribution in [3.63, 3.8) is 0 Å². The summed E-state index contributed by atoms with van der Waals surface area (Å²) in [4.78, 5) is 14.7. The van der Waals surface area contributed by atoms with Gasteiger partial charge in [0.2, 0.25) is 6.29 Å². The van der Waals surface area contributed by atoms with Crippen LogP contribution < -0.4 is 0 Å². The Labute approximate surface area is 146 Å². The average Bonchev–Trinajstić information content (AvgIpc) is 2.58. The van der Waals surface area contributed by atoms with Crippen LogP contribution in [0, 0.1) is 11.3 Å². The van der Waals surface area contributed by atoms with E-state index >= 15 is 0 Å². The number of ether oxygens (including phenoxy) is 2. The van der Waals surface area contributed by atoms with E-state index < -0.39 is 0 Å². The van der Waals surface area contributed by atoms with Gasteiger partial charge in [-0.15, -0.1) is 0 Å². The van der Waals surface area contributed by atoms with Crippen molar-refractivity contribution in [3.05, 3.63) is 11.8 Å². The number of aliphatic hydroxyl groups excluding tert-OH is 1. The maximum absolute atomic E-state index is 12.8. The fourth-order valence-corrected chi connectivity index (χ4v) is 3.20. The quantitative estimate of drug-likeness (QED) is 0.756. The van der Waals surface area contributed by atoms with Crippen LogP contribution >= 0.6 is 0 Å². The monoisotopic (exact) mass is 339 g/mol. The Kier molecular flexibility index (Phi) is 7.11. The third-order valence-corrected chi connectivity index (χ3v) is 4.88. The van der Waals surface area contributed by atoms with Crippen LogP contribution in [0.2, 0.25) is 0 Å². The molecule has 24 heavy (non-hydrogen) atoms. The number of hydrogen-bond acceptors (Lipinski definition) is 4. The second kappa shape index (κ2) is 8.86. The van der Waals surface area contributed by atoms with E-state index in [9.17, 15) is 4.79 Å². The summed E-state index contributed by atoms with van der Waals surface area (Å²) in [7, 11) is 0. The molecule has 0 aromatic rings. The van der Waals surface area contributed by atoms with Crippen molar-refractivity contribution in [2.75, 3.05) is 26.3 Å². The molecule has 5 heteroatoms. The molecule has 0 radical (unpaired) electrons. The number of nitrogens with zero attached hydrogens (tertiary/aromatic N) is 1. The van der Waals surface area contributed by atoms with E-state index in [1.807, 2.05) is 11.0 Å². The molecule has 0 aromatic carbocycles. The lowest BCUT2D eigenvalue weighted by atomic mass is 9.77. The van der Waals surface area contributed by atoms with E-state index in [1.54, 1.807) is 0 Å². The summed E-state index contributed by atoms with van der Waals surface area (Å²) in [6.07, 6.45) is 7.27. The summed E-state index contributed by atoms with van der Waals surface area (Å²) in [5.74, 6) is 0.709. The van der Waals surface area contributed by atoms with Gasteiger partial charge in [0.25, 0.3) is 5.91 Å². The van der Waals surface area contributed by atoms with Gasteiger partial charge in [-0.2, -0.15) is 0 Å². The van der Waals surface area contributed by atoms with Crippen LogP contribution in [-0.2, 0) is 14.3 Å². The van der Waals surface area contributed by atoms with Gasteiger partial charge in [-0.25, -0.2) is 0 Å². The fourth-order valence-electron chi connectivity index (χ4n) is 3.20. The lowest BCUT2D eigenvalue weighted by Crippen LogP contribution is -2.40. The molecule has 0 aromatic heterocycles. The topological polar surface area (TPSA) is 59.0 Å². The summed E-state index contributed by atoms with van der Waals surface area (Å²) >= 11 is 0. The molecule has 0 unspecified atom stereocenters. The maximum atomic E-state index is 12.8. The molecule has 1 fully saturated rings. The minimum absolute atomic E-state index is 0.00704. The van der Waals surface area contributed by atoms with E-state index in [1.165, 1.54) is 6.42 Å². The normalized spacial score (nSPS) is 25.2. The highest BCUT2D eigenvalue weighted by molar-refractivity contribution is 5.91. The summed E-state index contributed by atoms with van der Waals surface area (Å²) in [5, 5.41) is 8.86. The van der Waals surface area contributed by atoms with Crippen LogP contribution in [0.4, 0.5) is 0 Å². The zero-order valence-electron chi connectivity index (χ0n) is 15.4. The number of rotatable bonds is 6. The van der Waals surface area contributed by atoms with Gasteiger partial charge < -0.3 is 19.5 Å². The van der Waals surface area contributed by atoms with Crippen molar-refractivity contribution < 1.29 is 19.4 Å². The second-order valence-corrected chi connectivity index (χ2v) is 7.94. The van der Waals surface area contributed by atoms with Gasteiger partial charge in [-0.05, 0) is 49.5 Å². The van der Waals surface area contributed by atoms with Crippen molar-refractivity contribution in [1.29, 1.82) is 0 Å². The Morgan fingerprint density at radius 3 is 2.62 bits per heavy atom. The van der Waals surface area contributed by atoms with Gasteiger partial charge in [0.1, 0.15) is 0 Å². The Morgan fingerprint density at radius 2 is 2.00 bits per heavy atom. The van der Waals surface area contributed by atoms with Gasteiger partial charge >= 0.3 is 0 Å². The molecule has 2 aliphatic rings. The molecule has 0 aliphatic carbocycles. The highest BCUT2D eigenvalue weighted by atomic mass is 16.7. The molecule has 2 atom stereocenters. The number of piperidine rings is 1. The van der Waals surface area contributed by atoms with Crippen molar-refractivity contribution in [1.82, 2.24) is 4.90 Å². The largest absolute Gasteiger partial charge is 0.459 e. The van der Waals surface area contributed by atoms with Crippen LogP contribution in [0.5, 0.6) is 0 Å². The Hall–Kier alpha value is -1.07. The summed E-state index contributed by atoms with van der Waals surface area (Å²) in [6.45, 7) is 8.93. The lowest BCUT2D eigenvalue weighted by Gasteiger charge is -2.37. The Balaban J connectivity index is 2.03. The first-order valence-electron chi connectivity index (χ1n) is 9.32. The predicted molar refractivity (Wildman–Crippen MR) is 93.2 cm³/mol. The Morgan fingerprint density at radius 1 is 1.29 bits per heavy atom. The molecule has 5 nitrogen and oxygen atoms in total. The second-order valence-electron chi connectivity index (χ2n) is 7.94. The third kappa shape index (κ3) is 5.49. The summed E-state index contributed by atoms with van der Waals surface area (Å²) in [6, 6.07) is 0. The molecule has 1 amide bonds. The highest BCUT2D eigenvalue weighted by Gasteiger charge is 2.35.